The van der Waals surface area contributed by atoms with E-state index in [0.29, 0.717) is 28.3 Å². The van der Waals surface area contributed by atoms with Crippen molar-refractivity contribution in [2.45, 2.75) is 19.9 Å². The molecule has 1 fully saturated rings. The fraction of sp³-hybridized carbons (Fsp3) is 0.368. The fourth-order valence-corrected chi connectivity index (χ4v) is 3.01. The summed E-state index contributed by atoms with van der Waals surface area (Å²) in [4.78, 5) is 21.1. The molecule has 0 N–H and O–H groups in total. The van der Waals surface area contributed by atoms with E-state index in [1.54, 1.807) is 30.5 Å². The Hall–Kier alpha value is -2.11. The van der Waals surface area contributed by atoms with E-state index in [4.69, 9.17) is 16.3 Å². The van der Waals surface area contributed by atoms with E-state index in [1.165, 1.54) is 0 Å². The zero-order valence-electron chi connectivity index (χ0n) is 14.5. The van der Waals surface area contributed by atoms with E-state index in [2.05, 4.69) is 23.7 Å². The molecule has 0 saturated carbocycles. The number of rotatable bonds is 4. The zero-order chi connectivity index (χ0) is 17.8. The molecule has 1 saturated heterocycles. The van der Waals surface area contributed by atoms with Crippen molar-refractivity contribution in [3.63, 3.8) is 0 Å². The molecule has 1 aromatic heterocycles. The lowest BCUT2D eigenvalue weighted by Gasteiger charge is -2.36. The largest absolute Gasteiger partial charge is 0.437 e. The van der Waals surface area contributed by atoms with E-state index in [-0.39, 0.29) is 5.91 Å². The topological polar surface area (TPSA) is 45.7 Å². The van der Waals surface area contributed by atoms with Crippen LogP contribution in [0.3, 0.4) is 0 Å². The molecule has 0 unspecified atom stereocenters. The van der Waals surface area contributed by atoms with Gasteiger partial charge >= 0.3 is 0 Å². The standard InChI is InChI=1S/C19H22ClN3O2/c1-14(2)22-9-11-23(12-10-22)19(24)15-7-8-18(21-13-15)25-17-6-4-3-5-16(17)20/h3-8,13-14H,9-12H2,1-2H3. The number of hydrogen-bond donors (Lipinski definition) is 0. The summed E-state index contributed by atoms with van der Waals surface area (Å²) >= 11 is 6.07. The second-order valence-corrected chi connectivity index (χ2v) is 6.75. The van der Waals surface area contributed by atoms with Crippen molar-refractivity contribution < 1.29 is 9.53 Å². The van der Waals surface area contributed by atoms with Gasteiger partial charge in [0.05, 0.1) is 10.6 Å². The van der Waals surface area contributed by atoms with Crippen LogP contribution in [0.5, 0.6) is 11.6 Å². The molecule has 132 valence electrons. The van der Waals surface area contributed by atoms with Gasteiger partial charge in [-0.1, -0.05) is 23.7 Å². The van der Waals surface area contributed by atoms with Gasteiger partial charge in [0.15, 0.2) is 0 Å². The number of amides is 1. The molecule has 5 nitrogen and oxygen atoms in total. The molecule has 1 amide bonds. The Morgan fingerprint density at radius 3 is 2.44 bits per heavy atom. The number of hydrogen-bond acceptors (Lipinski definition) is 4. The van der Waals surface area contributed by atoms with Crippen molar-refractivity contribution in [1.29, 1.82) is 0 Å². The Bertz CT molecular complexity index is 726. The monoisotopic (exact) mass is 359 g/mol. The number of pyridine rings is 1. The first kappa shape index (κ1) is 17.7. The number of halogens is 1. The lowest BCUT2D eigenvalue weighted by atomic mass is 10.2. The van der Waals surface area contributed by atoms with Gasteiger partial charge in [0, 0.05) is 44.5 Å². The summed E-state index contributed by atoms with van der Waals surface area (Å²) in [5.41, 5.74) is 0.574. The predicted molar refractivity (Wildman–Crippen MR) is 98.4 cm³/mol. The maximum atomic E-state index is 12.6. The molecular formula is C19H22ClN3O2. The van der Waals surface area contributed by atoms with Gasteiger partial charge in [0.25, 0.3) is 5.91 Å². The summed E-state index contributed by atoms with van der Waals surface area (Å²) in [6.07, 6.45) is 1.56. The highest BCUT2D eigenvalue weighted by Crippen LogP contribution is 2.27. The maximum Gasteiger partial charge on any atom is 0.255 e. The number of ether oxygens (including phenoxy) is 1. The number of carbonyl (C=O) groups excluding carboxylic acids is 1. The third-order valence-electron chi connectivity index (χ3n) is 4.37. The third kappa shape index (κ3) is 4.30. The van der Waals surface area contributed by atoms with Crippen molar-refractivity contribution in [2.24, 2.45) is 0 Å². The van der Waals surface area contributed by atoms with Crippen LogP contribution in [0.4, 0.5) is 0 Å². The Labute approximate surface area is 153 Å². The highest BCUT2D eigenvalue weighted by molar-refractivity contribution is 6.32. The summed E-state index contributed by atoms with van der Waals surface area (Å²) in [5.74, 6) is 0.968. The zero-order valence-corrected chi connectivity index (χ0v) is 15.2. The molecule has 0 bridgehead atoms. The van der Waals surface area contributed by atoms with Crippen LogP contribution >= 0.6 is 11.6 Å². The quantitative estimate of drug-likeness (QED) is 0.835. The molecule has 3 rings (SSSR count). The first-order chi connectivity index (χ1) is 12.0. The number of para-hydroxylation sites is 1. The van der Waals surface area contributed by atoms with Gasteiger partial charge in [-0.15, -0.1) is 0 Å². The fourth-order valence-electron chi connectivity index (χ4n) is 2.83. The Kier molecular flexibility index (Phi) is 5.56. The summed E-state index contributed by atoms with van der Waals surface area (Å²) in [6, 6.07) is 11.2. The molecule has 1 aromatic carbocycles. The highest BCUT2D eigenvalue weighted by atomic mass is 35.5. The summed E-state index contributed by atoms with van der Waals surface area (Å²) in [7, 11) is 0. The van der Waals surface area contributed by atoms with Gasteiger partial charge in [-0.25, -0.2) is 4.98 Å². The molecular weight excluding hydrogens is 338 g/mol. The number of benzene rings is 1. The van der Waals surface area contributed by atoms with Gasteiger partial charge in [-0.2, -0.15) is 0 Å². The van der Waals surface area contributed by atoms with Gasteiger partial charge < -0.3 is 9.64 Å². The molecule has 0 radical (unpaired) electrons. The molecule has 25 heavy (non-hydrogen) atoms. The van der Waals surface area contributed by atoms with Crippen LogP contribution in [-0.4, -0.2) is 52.9 Å². The Morgan fingerprint density at radius 2 is 1.84 bits per heavy atom. The lowest BCUT2D eigenvalue weighted by Crippen LogP contribution is -2.50. The average Bonchev–Trinajstić information content (AvgIpc) is 2.64. The van der Waals surface area contributed by atoms with Crippen LogP contribution < -0.4 is 4.74 Å². The van der Waals surface area contributed by atoms with E-state index in [9.17, 15) is 4.79 Å². The molecule has 0 atom stereocenters. The number of piperazine rings is 1. The molecule has 6 heteroatoms. The van der Waals surface area contributed by atoms with E-state index >= 15 is 0 Å². The van der Waals surface area contributed by atoms with Gasteiger partial charge in [-0.3, -0.25) is 9.69 Å². The van der Waals surface area contributed by atoms with Crippen LogP contribution in [0.1, 0.15) is 24.2 Å². The second kappa shape index (κ2) is 7.85. The van der Waals surface area contributed by atoms with Crippen LogP contribution in [0, 0.1) is 0 Å². The third-order valence-corrected chi connectivity index (χ3v) is 4.68. The second-order valence-electron chi connectivity index (χ2n) is 6.34. The van der Waals surface area contributed by atoms with Crippen molar-refractivity contribution in [1.82, 2.24) is 14.8 Å². The normalized spacial score (nSPS) is 15.4. The van der Waals surface area contributed by atoms with Crippen molar-refractivity contribution >= 4 is 17.5 Å². The smallest absolute Gasteiger partial charge is 0.255 e. The van der Waals surface area contributed by atoms with Crippen molar-refractivity contribution in [2.75, 3.05) is 26.2 Å². The van der Waals surface area contributed by atoms with Crippen molar-refractivity contribution in [3.8, 4) is 11.6 Å². The Balaban J connectivity index is 1.62. The molecule has 1 aliphatic rings. The average molecular weight is 360 g/mol. The minimum atomic E-state index is 0.0141. The minimum absolute atomic E-state index is 0.0141. The van der Waals surface area contributed by atoms with E-state index in [1.807, 2.05) is 17.0 Å². The van der Waals surface area contributed by atoms with E-state index < -0.39 is 0 Å². The number of aromatic nitrogens is 1. The molecule has 0 aliphatic carbocycles. The molecule has 1 aliphatic heterocycles. The van der Waals surface area contributed by atoms with Crippen LogP contribution in [0.15, 0.2) is 42.6 Å². The van der Waals surface area contributed by atoms with Crippen LogP contribution in [0.2, 0.25) is 5.02 Å². The molecule has 2 heterocycles. The molecule has 0 spiro atoms. The maximum absolute atomic E-state index is 12.6. The molecule has 2 aromatic rings. The first-order valence-electron chi connectivity index (χ1n) is 8.46. The number of nitrogens with zero attached hydrogens (tertiary/aromatic N) is 3. The first-order valence-corrected chi connectivity index (χ1v) is 8.84. The summed E-state index contributed by atoms with van der Waals surface area (Å²) in [6.45, 7) is 7.66. The summed E-state index contributed by atoms with van der Waals surface area (Å²) < 4.78 is 5.66. The highest BCUT2D eigenvalue weighted by Gasteiger charge is 2.23. The predicted octanol–water partition coefficient (Wildman–Crippen LogP) is 3.69. The van der Waals surface area contributed by atoms with Gasteiger partial charge in [-0.05, 0) is 32.0 Å². The summed E-state index contributed by atoms with van der Waals surface area (Å²) in [5, 5.41) is 0.521. The van der Waals surface area contributed by atoms with Gasteiger partial charge in [0.2, 0.25) is 5.88 Å². The van der Waals surface area contributed by atoms with Gasteiger partial charge in [0.1, 0.15) is 5.75 Å². The van der Waals surface area contributed by atoms with Crippen LogP contribution in [0.25, 0.3) is 0 Å². The van der Waals surface area contributed by atoms with E-state index in [0.717, 1.165) is 26.2 Å². The van der Waals surface area contributed by atoms with Crippen molar-refractivity contribution in [3.05, 3.63) is 53.2 Å². The lowest BCUT2D eigenvalue weighted by molar-refractivity contribution is 0.0595. The number of carbonyl (C=O) groups is 1. The van der Waals surface area contributed by atoms with Crippen LogP contribution in [-0.2, 0) is 0 Å². The SMILES string of the molecule is CC(C)N1CCN(C(=O)c2ccc(Oc3ccccc3Cl)nc2)CC1. The minimum Gasteiger partial charge on any atom is -0.437 e. The Morgan fingerprint density at radius 1 is 1.12 bits per heavy atom.